The minimum Gasteiger partial charge on any atom is -0.508 e. The van der Waals surface area contributed by atoms with E-state index in [-0.39, 0.29) is 18.8 Å². The Kier molecular flexibility index (Phi) is 4.89. The number of aromatic nitrogens is 6. The van der Waals surface area contributed by atoms with Crippen LogP contribution in [0.15, 0.2) is 116 Å². The molecule has 11 heteroatoms. The predicted molar refractivity (Wildman–Crippen MR) is 142 cm³/mol. The second-order valence-corrected chi connectivity index (χ2v) is 9.51. The lowest BCUT2D eigenvalue weighted by molar-refractivity contribution is 0.244. The maximum absolute atomic E-state index is 13.8. The van der Waals surface area contributed by atoms with Crippen LogP contribution in [0, 0.1) is 0 Å². The van der Waals surface area contributed by atoms with Gasteiger partial charge in [-0.15, -0.1) is 0 Å². The van der Waals surface area contributed by atoms with Crippen LogP contribution in [0.25, 0.3) is 11.4 Å². The van der Waals surface area contributed by atoms with Crippen LogP contribution >= 0.6 is 0 Å². The standard InChI is InChI=1S/C28H22N6O5/c35-23-14-8-7-13-21(23)24-20-15-16-29-25(36)31(18-9-3-1-4-10-18)27(38)33(29)22(20)17-30-26(37)32(28(39)34(24)30)19-11-5-2-6-12-19/h1-15,22,24,35H,16-17H2/t22-,24-/m1/s1. The molecule has 0 saturated carbocycles. The van der Waals surface area contributed by atoms with E-state index in [1.54, 1.807) is 84.9 Å². The molecule has 0 spiro atoms. The Bertz CT molecular complexity index is 2020. The number of nitrogens with zero attached hydrogens (tertiary/aromatic N) is 6. The van der Waals surface area contributed by atoms with Gasteiger partial charge < -0.3 is 5.11 Å². The highest BCUT2D eigenvalue weighted by molar-refractivity contribution is 5.42. The number of benzene rings is 3. The minimum absolute atomic E-state index is 0.0536. The van der Waals surface area contributed by atoms with E-state index in [4.69, 9.17) is 0 Å². The molecule has 0 amide bonds. The first-order chi connectivity index (χ1) is 19.0. The lowest BCUT2D eigenvalue weighted by Gasteiger charge is -2.37. The molecule has 11 nitrogen and oxygen atoms in total. The minimum atomic E-state index is -0.883. The molecular formula is C28H22N6O5. The number of fused-ring (bicyclic) bond motifs is 4. The van der Waals surface area contributed by atoms with Gasteiger partial charge in [-0.2, -0.15) is 0 Å². The highest BCUT2D eigenvalue weighted by Gasteiger charge is 2.42. The molecule has 2 aliphatic heterocycles. The molecule has 2 atom stereocenters. The van der Waals surface area contributed by atoms with Gasteiger partial charge >= 0.3 is 22.8 Å². The van der Waals surface area contributed by atoms with E-state index in [0.717, 1.165) is 9.13 Å². The number of phenolic OH excluding ortho intramolecular Hbond substituents is 1. The molecule has 0 fully saturated rings. The third-order valence-corrected chi connectivity index (χ3v) is 7.47. The lowest BCUT2D eigenvalue weighted by atomic mass is 9.90. The molecule has 0 radical (unpaired) electrons. The molecule has 5 aromatic rings. The molecule has 3 aromatic carbocycles. The van der Waals surface area contributed by atoms with Gasteiger partial charge in [0.05, 0.1) is 30.5 Å². The van der Waals surface area contributed by atoms with Crippen LogP contribution in [0.4, 0.5) is 0 Å². The summed E-state index contributed by atoms with van der Waals surface area (Å²) in [6.45, 7) is 0.0319. The zero-order valence-electron chi connectivity index (χ0n) is 20.5. The first kappa shape index (κ1) is 22.8. The van der Waals surface area contributed by atoms with E-state index in [1.807, 2.05) is 0 Å². The third-order valence-electron chi connectivity index (χ3n) is 7.47. The van der Waals surface area contributed by atoms with Crippen LogP contribution in [0.3, 0.4) is 0 Å². The number of hydrogen-bond donors (Lipinski definition) is 1. The van der Waals surface area contributed by atoms with Crippen LogP contribution < -0.4 is 22.8 Å². The fourth-order valence-corrected chi connectivity index (χ4v) is 5.75. The average Bonchev–Trinajstić information content (AvgIpc) is 3.37. The molecule has 0 aliphatic carbocycles. The lowest BCUT2D eigenvalue weighted by Crippen LogP contribution is -2.46. The summed E-state index contributed by atoms with van der Waals surface area (Å²) in [7, 11) is 0. The van der Waals surface area contributed by atoms with E-state index in [2.05, 4.69) is 0 Å². The maximum atomic E-state index is 13.8. The Balaban J connectivity index is 1.51. The topological polar surface area (TPSA) is 118 Å². The van der Waals surface area contributed by atoms with Gasteiger partial charge in [-0.3, -0.25) is 0 Å². The first-order valence-corrected chi connectivity index (χ1v) is 12.4. The van der Waals surface area contributed by atoms with E-state index >= 15 is 0 Å². The molecule has 7 rings (SSSR count). The molecule has 0 bridgehead atoms. The van der Waals surface area contributed by atoms with E-state index in [0.29, 0.717) is 22.5 Å². The molecule has 1 N–H and O–H groups in total. The Hall–Kier alpha value is -5.32. The van der Waals surface area contributed by atoms with Crippen LogP contribution in [-0.2, 0) is 13.1 Å². The first-order valence-electron chi connectivity index (χ1n) is 12.4. The molecule has 194 valence electrons. The van der Waals surface area contributed by atoms with E-state index in [1.165, 1.54) is 24.8 Å². The Morgan fingerprint density at radius 2 is 1.15 bits per heavy atom. The van der Waals surface area contributed by atoms with Gasteiger partial charge in [-0.1, -0.05) is 60.7 Å². The molecule has 0 saturated heterocycles. The summed E-state index contributed by atoms with van der Waals surface area (Å²) in [4.78, 5) is 54.7. The molecule has 4 heterocycles. The quantitative estimate of drug-likeness (QED) is 0.360. The smallest absolute Gasteiger partial charge is 0.352 e. The van der Waals surface area contributed by atoms with Crippen LogP contribution in [0.1, 0.15) is 17.6 Å². The SMILES string of the molecule is O=c1n(-c2ccccc2)c(=O)n2n1CC=C1[C@H]2Cn2c(=O)n(-c3ccccc3)c(=O)n2[C@H]1c1ccccc1O. The number of phenols is 1. The summed E-state index contributed by atoms with van der Waals surface area (Å²) in [5.74, 6) is -0.0559. The Labute approximate surface area is 219 Å². The third kappa shape index (κ3) is 3.16. The molecule has 0 unspecified atom stereocenters. The summed E-state index contributed by atoms with van der Waals surface area (Å²) in [6, 6.07) is 22.2. The zero-order chi connectivity index (χ0) is 26.8. The molecule has 2 aromatic heterocycles. The van der Waals surface area contributed by atoms with Crippen LogP contribution in [0.5, 0.6) is 5.75 Å². The summed E-state index contributed by atoms with van der Waals surface area (Å²) < 4.78 is 7.51. The van der Waals surface area contributed by atoms with Crippen molar-refractivity contribution in [2.45, 2.75) is 25.2 Å². The highest BCUT2D eigenvalue weighted by Crippen LogP contribution is 2.41. The van der Waals surface area contributed by atoms with Gasteiger partial charge in [-0.25, -0.2) is 47.0 Å². The number of rotatable bonds is 3. The van der Waals surface area contributed by atoms with Crippen LogP contribution in [-0.4, -0.2) is 33.0 Å². The summed E-state index contributed by atoms with van der Waals surface area (Å²) in [6.07, 6.45) is 1.80. The van der Waals surface area contributed by atoms with E-state index < -0.39 is 34.8 Å². The van der Waals surface area contributed by atoms with Gasteiger partial charge in [0, 0.05) is 5.56 Å². The number of hydrogen-bond acceptors (Lipinski definition) is 5. The van der Waals surface area contributed by atoms with Crippen molar-refractivity contribution in [3.63, 3.8) is 0 Å². The van der Waals surface area contributed by atoms with Crippen molar-refractivity contribution in [3.8, 4) is 17.1 Å². The van der Waals surface area contributed by atoms with Crippen molar-refractivity contribution in [3.05, 3.63) is 144 Å². The second kappa shape index (κ2) is 8.35. The highest BCUT2D eigenvalue weighted by atomic mass is 16.3. The van der Waals surface area contributed by atoms with Gasteiger partial charge in [-0.05, 0) is 35.9 Å². The van der Waals surface area contributed by atoms with Crippen LogP contribution in [0.2, 0.25) is 0 Å². The number of aromatic hydroxyl groups is 1. The Morgan fingerprint density at radius 1 is 0.615 bits per heavy atom. The van der Waals surface area contributed by atoms with E-state index in [9.17, 15) is 24.3 Å². The van der Waals surface area contributed by atoms with Gasteiger partial charge in [0.2, 0.25) is 0 Å². The fraction of sp³-hybridized carbons (Fsp3) is 0.143. The number of para-hydroxylation sites is 3. The summed E-state index contributed by atoms with van der Waals surface area (Å²) in [5, 5.41) is 10.8. The molecule has 39 heavy (non-hydrogen) atoms. The number of allylic oxidation sites excluding steroid dienone is 2. The van der Waals surface area contributed by atoms with Gasteiger partial charge in [0.25, 0.3) is 0 Å². The van der Waals surface area contributed by atoms with Crippen molar-refractivity contribution in [1.29, 1.82) is 0 Å². The fourth-order valence-electron chi connectivity index (χ4n) is 5.75. The van der Waals surface area contributed by atoms with Crippen molar-refractivity contribution in [1.82, 2.24) is 27.9 Å². The van der Waals surface area contributed by atoms with Gasteiger partial charge in [0.15, 0.2) is 0 Å². The summed E-state index contributed by atoms with van der Waals surface area (Å²) >= 11 is 0. The van der Waals surface area contributed by atoms with Crippen molar-refractivity contribution in [2.24, 2.45) is 0 Å². The Morgan fingerprint density at radius 3 is 1.77 bits per heavy atom. The molecule has 2 aliphatic rings. The maximum Gasteiger partial charge on any atom is 0.352 e. The molecular weight excluding hydrogens is 500 g/mol. The van der Waals surface area contributed by atoms with Crippen molar-refractivity contribution in [2.75, 3.05) is 0 Å². The van der Waals surface area contributed by atoms with Crippen molar-refractivity contribution >= 4 is 0 Å². The largest absolute Gasteiger partial charge is 0.508 e. The monoisotopic (exact) mass is 522 g/mol. The van der Waals surface area contributed by atoms with Crippen molar-refractivity contribution < 1.29 is 5.11 Å². The average molecular weight is 523 g/mol. The normalized spacial score (nSPS) is 17.7. The summed E-state index contributed by atoms with van der Waals surface area (Å²) in [5.41, 5.74) is -0.337. The second-order valence-electron chi connectivity index (χ2n) is 9.51. The zero-order valence-corrected chi connectivity index (χ0v) is 20.5. The van der Waals surface area contributed by atoms with Gasteiger partial charge in [0.1, 0.15) is 11.8 Å². The predicted octanol–water partition coefficient (Wildman–Crippen LogP) is 1.40.